The van der Waals surface area contributed by atoms with Crippen LogP contribution in [0.2, 0.25) is 10.0 Å². The van der Waals surface area contributed by atoms with Gasteiger partial charge in [-0.25, -0.2) is 4.98 Å². The Bertz CT molecular complexity index is 378. The van der Waals surface area contributed by atoms with E-state index < -0.39 is 0 Å². The molecule has 1 aliphatic heterocycles. The van der Waals surface area contributed by atoms with Crippen LogP contribution in [0.1, 0.15) is 19.8 Å². The summed E-state index contributed by atoms with van der Waals surface area (Å²) in [6.45, 7) is 5.58. The third kappa shape index (κ3) is 3.73. The summed E-state index contributed by atoms with van der Waals surface area (Å²) in [5.74, 6) is 0.711. The second-order valence-corrected chi connectivity index (χ2v) is 5.38. The van der Waals surface area contributed by atoms with Crippen LogP contribution in [0.3, 0.4) is 0 Å². The van der Waals surface area contributed by atoms with Gasteiger partial charge in [-0.05, 0) is 38.9 Å². The maximum atomic E-state index is 6.07. The normalized spacial score (nSPS) is 18.3. The lowest BCUT2D eigenvalue weighted by Crippen LogP contribution is -2.33. The average molecular weight is 274 g/mol. The fourth-order valence-electron chi connectivity index (χ4n) is 2.15. The van der Waals surface area contributed by atoms with Crippen LogP contribution in [0.25, 0.3) is 0 Å². The Kier molecular flexibility index (Phi) is 4.48. The largest absolute Gasteiger partial charge is 0.365 e. The van der Waals surface area contributed by atoms with Gasteiger partial charge in [0.1, 0.15) is 5.82 Å². The Hall–Kier alpha value is -0.510. The second kappa shape index (κ2) is 5.89. The maximum Gasteiger partial charge on any atom is 0.145 e. The second-order valence-electron chi connectivity index (χ2n) is 4.54. The lowest BCUT2D eigenvalue weighted by Gasteiger charge is -2.22. The minimum atomic E-state index is 0.333. The van der Waals surface area contributed by atoms with Crippen LogP contribution in [0, 0.1) is 0 Å². The predicted octanol–water partition coefficient (Wildman–Crippen LogP) is 3.28. The number of pyridine rings is 1. The molecule has 0 spiro atoms. The van der Waals surface area contributed by atoms with Gasteiger partial charge in [-0.3, -0.25) is 0 Å². The molecule has 0 radical (unpaired) electrons. The van der Waals surface area contributed by atoms with Crippen molar-refractivity contribution in [2.75, 3.05) is 25.0 Å². The van der Waals surface area contributed by atoms with E-state index >= 15 is 0 Å². The van der Waals surface area contributed by atoms with Crippen LogP contribution in [0.15, 0.2) is 12.3 Å². The molecule has 1 saturated heterocycles. The van der Waals surface area contributed by atoms with Gasteiger partial charge in [-0.2, -0.15) is 0 Å². The summed E-state index contributed by atoms with van der Waals surface area (Å²) in [5.41, 5.74) is 0. The molecule has 0 aromatic carbocycles. The zero-order chi connectivity index (χ0) is 12.3. The van der Waals surface area contributed by atoms with Gasteiger partial charge in [0.25, 0.3) is 0 Å². The minimum Gasteiger partial charge on any atom is -0.365 e. The van der Waals surface area contributed by atoms with E-state index in [-0.39, 0.29) is 0 Å². The highest BCUT2D eigenvalue weighted by Gasteiger charge is 2.15. The average Bonchev–Trinajstić information content (AvgIpc) is 2.75. The highest BCUT2D eigenvalue weighted by atomic mass is 35.5. The summed E-state index contributed by atoms with van der Waals surface area (Å²) in [6, 6.07) is 2.04. The molecule has 1 aliphatic rings. The van der Waals surface area contributed by atoms with Crippen molar-refractivity contribution in [2.24, 2.45) is 0 Å². The first-order valence-electron chi connectivity index (χ1n) is 5.95. The van der Waals surface area contributed by atoms with Gasteiger partial charge in [-0.15, -0.1) is 0 Å². The SMILES string of the molecule is CC(CN1CCCC1)Nc1ncc(Cl)cc1Cl. The molecule has 1 unspecified atom stereocenters. The number of nitrogens with zero attached hydrogens (tertiary/aromatic N) is 2. The first-order valence-corrected chi connectivity index (χ1v) is 6.70. The zero-order valence-corrected chi connectivity index (χ0v) is 11.4. The standard InChI is InChI=1S/C12H17Cl2N3/c1-9(8-17-4-2-3-5-17)16-12-11(14)6-10(13)7-15-12/h6-7,9H,2-5,8H2,1H3,(H,15,16). The lowest BCUT2D eigenvalue weighted by molar-refractivity contribution is 0.327. The Labute approximate surface area is 112 Å². The third-order valence-corrected chi connectivity index (χ3v) is 3.42. The number of hydrogen-bond acceptors (Lipinski definition) is 3. The molecule has 1 fully saturated rings. The van der Waals surface area contributed by atoms with E-state index in [2.05, 4.69) is 22.1 Å². The molecule has 5 heteroatoms. The van der Waals surface area contributed by atoms with E-state index in [0.29, 0.717) is 21.9 Å². The van der Waals surface area contributed by atoms with E-state index in [1.54, 1.807) is 12.3 Å². The van der Waals surface area contributed by atoms with Crippen LogP contribution in [0.4, 0.5) is 5.82 Å². The summed E-state index contributed by atoms with van der Waals surface area (Å²) < 4.78 is 0. The molecule has 0 bridgehead atoms. The van der Waals surface area contributed by atoms with Crippen molar-refractivity contribution in [3.63, 3.8) is 0 Å². The van der Waals surface area contributed by atoms with Crippen molar-refractivity contribution >= 4 is 29.0 Å². The van der Waals surface area contributed by atoms with E-state index in [0.717, 1.165) is 6.54 Å². The number of rotatable bonds is 4. The predicted molar refractivity (Wildman–Crippen MR) is 73.0 cm³/mol. The molecule has 1 aromatic rings. The van der Waals surface area contributed by atoms with Crippen LogP contribution >= 0.6 is 23.2 Å². The van der Waals surface area contributed by atoms with E-state index in [4.69, 9.17) is 23.2 Å². The number of halogens is 2. The quantitative estimate of drug-likeness (QED) is 0.913. The number of hydrogen-bond donors (Lipinski definition) is 1. The van der Waals surface area contributed by atoms with E-state index in [1.807, 2.05) is 0 Å². The van der Waals surface area contributed by atoms with Crippen LogP contribution in [-0.2, 0) is 0 Å². The fraction of sp³-hybridized carbons (Fsp3) is 0.583. The van der Waals surface area contributed by atoms with Crippen LogP contribution in [-0.4, -0.2) is 35.6 Å². The summed E-state index contributed by atoms with van der Waals surface area (Å²) in [4.78, 5) is 6.66. The van der Waals surface area contributed by atoms with Gasteiger partial charge in [0.2, 0.25) is 0 Å². The molecule has 2 rings (SSSR count). The van der Waals surface area contributed by atoms with Gasteiger partial charge in [0.05, 0.1) is 10.0 Å². The maximum absolute atomic E-state index is 6.07. The Morgan fingerprint density at radius 2 is 2.12 bits per heavy atom. The third-order valence-electron chi connectivity index (χ3n) is 2.92. The molecule has 94 valence electrons. The first kappa shape index (κ1) is 12.9. The molecule has 3 nitrogen and oxygen atoms in total. The van der Waals surface area contributed by atoms with Gasteiger partial charge in [0, 0.05) is 18.8 Å². The van der Waals surface area contributed by atoms with Gasteiger partial charge in [0.15, 0.2) is 0 Å². The molecule has 1 aromatic heterocycles. The number of likely N-dealkylation sites (tertiary alicyclic amines) is 1. The molecule has 17 heavy (non-hydrogen) atoms. The molecular formula is C12H17Cl2N3. The minimum absolute atomic E-state index is 0.333. The van der Waals surface area contributed by atoms with Crippen LogP contribution < -0.4 is 5.32 Å². The van der Waals surface area contributed by atoms with E-state index in [9.17, 15) is 0 Å². The van der Waals surface area contributed by atoms with Gasteiger partial charge < -0.3 is 10.2 Å². The van der Waals surface area contributed by atoms with Crippen molar-refractivity contribution in [3.8, 4) is 0 Å². The van der Waals surface area contributed by atoms with Crippen molar-refractivity contribution in [1.29, 1.82) is 0 Å². The topological polar surface area (TPSA) is 28.2 Å². The molecule has 0 amide bonds. The van der Waals surface area contributed by atoms with Crippen molar-refractivity contribution in [3.05, 3.63) is 22.3 Å². The van der Waals surface area contributed by atoms with Crippen molar-refractivity contribution in [2.45, 2.75) is 25.8 Å². The Balaban J connectivity index is 1.90. The summed E-state index contributed by atoms with van der Waals surface area (Å²) in [6.07, 6.45) is 4.23. The Morgan fingerprint density at radius 3 is 2.76 bits per heavy atom. The number of aromatic nitrogens is 1. The van der Waals surface area contributed by atoms with Gasteiger partial charge in [-0.1, -0.05) is 23.2 Å². The number of nitrogens with one attached hydrogen (secondary N) is 1. The smallest absolute Gasteiger partial charge is 0.145 e. The van der Waals surface area contributed by atoms with E-state index in [1.165, 1.54) is 25.9 Å². The fourth-order valence-corrected chi connectivity index (χ4v) is 2.59. The monoisotopic (exact) mass is 273 g/mol. The molecule has 0 saturated carbocycles. The molecule has 2 heterocycles. The van der Waals surface area contributed by atoms with Crippen LogP contribution in [0.5, 0.6) is 0 Å². The Morgan fingerprint density at radius 1 is 1.41 bits per heavy atom. The van der Waals surface area contributed by atoms with Crippen molar-refractivity contribution < 1.29 is 0 Å². The summed E-state index contributed by atoms with van der Waals surface area (Å²) in [7, 11) is 0. The zero-order valence-electron chi connectivity index (χ0n) is 9.92. The summed E-state index contributed by atoms with van der Waals surface area (Å²) >= 11 is 11.9. The summed E-state index contributed by atoms with van der Waals surface area (Å²) in [5, 5.41) is 4.46. The highest BCUT2D eigenvalue weighted by Crippen LogP contribution is 2.23. The van der Waals surface area contributed by atoms with Gasteiger partial charge >= 0.3 is 0 Å². The molecular weight excluding hydrogens is 257 g/mol. The molecule has 1 N–H and O–H groups in total. The highest BCUT2D eigenvalue weighted by molar-refractivity contribution is 6.35. The molecule has 0 aliphatic carbocycles. The molecule has 1 atom stereocenters. The lowest BCUT2D eigenvalue weighted by atomic mass is 10.3. The first-order chi connectivity index (χ1) is 8.15. The number of anilines is 1. The van der Waals surface area contributed by atoms with Crippen molar-refractivity contribution in [1.82, 2.24) is 9.88 Å².